The van der Waals surface area contributed by atoms with E-state index in [0.717, 1.165) is 5.69 Å². The standard InChI is InChI=1S/C5H9N3/c1-7-8-3-2-5(6)4-8/h2-4,7H,6H2,1H3. The molecule has 0 bridgehead atoms. The molecule has 44 valence electrons. The van der Waals surface area contributed by atoms with Gasteiger partial charge in [0.05, 0.1) is 5.69 Å². The molecule has 1 aromatic heterocycles. The molecule has 0 saturated heterocycles. The molecule has 1 heterocycles. The highest BCUT2D eigenvalue weighted by atomic mass is 15.4. The first-order valence-electron chi connectivity index (χ1n) is 2.44. The zero-order valence-corrected chi connectivity index (χ0v) is 4.76. The molecule has 0 aliphatic carbocycles. The molecule has 0 aliphatic rings. The Morgan fingerprint density at radius 2 is 2.50 bits per heavy atom. The van der Waals surface area contributed by atoms with Gasteiger partial charge in [-0.1, -0.05) is 0 Å². The molecular weight excluding hydrogens is 102 g/mol. The van der Waals surface area contributed by atoms with Crippen molar-refractivity contribution in [2.45, 2.75) is 0 Å². The van der Waals surface area contributed by atoms with Gasteiger partial charge >= 0.3 is 0 Å². The first-order chi connectivity index (χ1) is 3.83. The number of nitrogens with one attached hydrogen (secondary N) is 1. The van der Waals surface area contributed by atoms with Gasteiger partial charge in [0.25, 0.3) is 0 Å². The van der Waals surface area contributed by atoms with Crippen molar-refractivity contribution in [1.82, 2.24) is 4.68 Å². The fourth-order valence-corrected chi connectivity index (χ4v) is 0.552. The van der Waals surface area contributed by atoms with Crippen molar-refractivity contribution in [3.63, 3.8) is 0 Å². The minimum Gasteiger partial charge on any atom is -0.397 e. The molecule has 0 aliphatic heterocycles. The van der Waals surface area contributed by atoms with Crippen molar-refractivity contribution < 1.29 is 0 Å². The number of hydrogen-bond acceptors (Lipinski definition) is 2. The minimum atomic E-state index is 0.777. The van der Waals surface area contributed by atoms with Crippen LogP contribution in [0.4, 0.5) is 5.69 Å². The molecule has 3 heteroatoms. The molecule has 0 atom stereocenters. The molecule has 3 nitrogen and oxygen atoms in total. The smallest absolute Gasteiger partial charge is 0.0515 e. The van der Waals surface area contributed by atoms with Crippen LogP contribution in [0.15, 0.2) is 18.5 Å². The summed E-state index contributed by atoms with van der Waals surface area (Å²) >= 11 is 0. The van der Waals surface area contributed by atoms with Gasteiger partial charge in [0.1, 0.15) is 0 Å². The number of hydrogen-bond donors (Lipinski definition) is 2. The van der Waals surface area contributed by atoms with Gasteiger partial charge in [0.2, 0.25) is 0 Å². The van der Waals surface area contributed by atoms with Gasteiger partial charge < -0.3 is 11.2 Å². The zero-order valence-electron chi connectivity index (χ0n) is 4.76. The number of nitrogens with two attached hydrogens (primary N) is 1. The Balaban J connectivity index is 2.84. The third kappa shape index (κ3) is 0.753. The van der Waals surface area contributed by atoms with Crippen molar-refractivity contribution in [2.24, 2.45) is 0 Å². The SMILES string of the molecule is CNn1ccc(N)c1. The second-order valence-corrected chi connectivity index (χ2v) is 1.58. The maximum atomic E-state index is 5.39. The van der Waals surface area contributed by atoms with E-state index in [4.69, 9.17) is 5.73 Å². The molecule has 0 spiro atoms. The summed E-state index contributed by atoms with van der Waals surface area (Å²) in [5, 5.41) is 0. The summed E-state index contributed by atoms with van der Waals surface area (Å²) in [5.41, 5.74) is 9.05. The van der Waals surface area contributed by atoms with E-state index in [1.54, 1.807) is 10.9 Å². The van der Waals surface area contributed by atoms with E-state index in [-0.39, 0.29) is 0 Å². The fraction of sp³-hybridized carbons (Fsp3) is 0.200. The largest absolute Gasteiger partial charge is 0.397 e. The van der Waals surface area contributed by atoms with Crippen molar-refractivity contribution in [3.8, 4) is 0 Å². The summed E-state index contributed by atoms with van der Waals surface area (Å²) in [5.74, 6) is 0. The van der Waals surface area contributed by atoms with Crippen LogP contribution in [-0.4, -0.2) is 11.7 Å². The number of rotatable bonds is 1. The van der Waals surface area contributed by atoms with Gasteiger partial charge in [-0.15, -0.1) is 0 Å². The highest BCUT2D eigenvalue weighted by molar-refractivity contribution is 5.34. The van der Waals surface area contributed by atoms with Gasteiger partial charge in [0, 0.05) is 19.4 Å². The van der Waals surface area contributed by atoms with Gasteiger partial charge in [-0.25, -0.2) is 0 Å². The highest BCUT2D eigenvalue weighted by Gasteiger charge is 1.84. The minimum absolute atomic E-state index is 0.777. The Bertz CT molecular complexity index is 168. The molecule has 0 saturated carbocycles. The highest BCUT2D eigenvalue weighted by Crippen LogP contribution is 1.97. The van der Waals surface area contributed by atoms with E-state index < -0.39 is 0 Å². The lowest BCUT2D eigenvalue weighted by molar-refractivity contribution is 0.938. The van der Waals surface area contributed by atoms with E-state index in [1.807, 2.05) is 19.3 Å². The normalized spacial score (nSPS) is 9.12. The quantitative estimate of drug-likeness (QED) is 0.545. The third-order valence-electron chi connectivity index (χ3n) is 0.974. The van der Waals surface area contributed by atoms with Crippen LogP contribution in [0, 0.1) is 0 Å². The second-order valence-electron chi connectivity index (χ2n) is 1.58. The van der Waals surface area contributed by atoms with Crippen molar-refractivity contribution >= 4 is 5.69 Å². The van der Waals surface area contributed by atoms with Crippen LogP contribution in [0.2, 0.25) is 0 Å². The van der Waals surface area contributed by atoms with Crippen LogP contribution < -0.4 is 11.2 Å². The summed E-state index contributed by atoms with van der Waals surface area (Å²) in [4.78, 5) is 0. The lowest BCUT2D eigenvalue weighted by atomic mass is 10.6. The molecule has 0 fully saturated rings. The molecule has 1 rings (SSSR count). The van der Waals surface area contributed by atoms with Crippen LogP contribution in [0.5, 0.6) is 0 Å². The fourth-order valence-electron chi connectivity index (χ4n) is 0.552. The summed E-state index contributed by atoms with van der Waals surface area (Å²) in [6.45, 7) is 0. The molecule has 0 amide bonds. The van der Waals surface area contributed by atoms with Gasteiger partial charge in [-0.05, 0) is 6.07 Å². The Hall–Kier alpha value is -1.12. The van der Waals surface area contributed by atoms with E-state index in [2.05, 4.69) is 5.43 Å². The van der Waals surface area contributed by atoms with Crippen LogP contribution in [0.1, 0.15) is 0 Å². The molecule has 0 radical (unpaired) electrons. The monoisotopic (exact) mass is 111 g/mol. The summed E-state index contributed by atoms with van der Waals surface area (Å²) in [6, 6.07) is 1.83. The number of nitrogens with zero attached hydrogens (tertiary/aromatic N) is 1. The summed E-state index contributed by atoms with van der Waals surface area (Å²) in [6.07, 6.45) is 3.66. The Morgan fingerprint density at radius 1 is 1.75 bits per heavy atom. The maximum absolute atomic E-state index is 5.39. The van der Waals surface area contributed by atoms with Crippen molar-refractivity contribution in [2.75, 3.05) is 18.2 Å². The van der Waals surface area contributed by atoms with E-state index >= 15 is 0 Å². The van der Waals surface area contributed by atoms with Gasteiger partial charge in [-0.2, -0.15) is 0 Å². The third-order valence-corrected chi connectivity index (χ3v) is 0.974. The zero-order chi connectivity index (χ0) is 5.98. The second kappa shape index (κ2) is 1.78. The molecule has 0 aromatic carbocycles. The summed E-state index contributed by atoms with van der Waals surface area (Å²) < 4.78 is 1.79. The van der Waals surface area contributed by atoms with Crippen LogP contribution in [0.3, 0.4) is 0 Å². The molecule has 8 heavy (non-hydrogen) atoms. The average Bonchev–Trinajstić information content (AvgIpc) is 2.14. The first-order valence-corrected chi connectivity index (χ1v) is 2.44. The van der Waals surface area contributed by atoms with Crippen LogP contribution >= 0.6 is 0 Å². The molecule has 1 aromatic rings. The number of anilines is 1. The predicted molar refractivity (Wildman–Crippen MR) is 34.1 cm³/mol. The topological polar surface area (TPSA) is 43.0 Å². The van der Waals surface area contributed by atoms with E-state index in [9.17, 15) is 0 Å². The Morgan fingerprint density at radius 3 is 2.75 bits per heavy atom. The number of nitrogen functional groups attached to an aromatic ring is 1. The summed E-state index contributed by atoms with van der Waals surface area (Å²) in [7, 11) is 1.83. The Kier molecular flexibility index (Phi) is 1.12. The van der Waals surface area contributed by atoms with E-state index in [0.29, 0.717) is 0 Å². The van der Waals surface area contributed by atoms with Crippen molar-refractivity contribution in [3.05, 3.63) is 18.5 Å². The molecular formula is C5H9N3. The van der Waals surface area contributed by atoms with Crippen LogP contribution in [-0.2, 0) is 0 Å². The van der Waals surface area contributed by atoms with Gasteiger partial charge in [0.15, 0.2) is 0 Å². The maximum Gasteiger partial charge on any atom is 0.0515 e. The van der Waals surface area contributed by atoms with Crippen molar-refractivity contribution in [1.29, 1.82) is 0 Å². The van der Waals surface area contributed by atoms with Gasteiger partial charge in [-0.3, -0.25) is 4.68 Å². The molecule has 0 unspecified atom stereocenters. The number of aromatic nitrogens is 1. The lowest BCUT2D eigenvalue weighted by Crippen LogP contribution is -2.04. The first kappa shape index (κ1) is 5.03. The average molecular weight is 111 g/mol. The molecule has 3 N–H and O–H groups in total. The van der Waals surface area contributed by atoms with E-state index in [1.165, 1.54) is 0 Å². The predicted octanol–water partition coefficient (Wildman–Crippen LogP) is 0.244. The van der Waals surface area contributed by atoms with Crippen LogP contribution in [0.25, 0.3) is 0 Å². The lowest BCUT2D eigenvalue weighted by Gasteiger charge is -1.95. The Labute approximate surface area is 48.1 Å².